The van der Waals surface area contributed by atoms with Crippen molar-refractivity contribution in [3.63, 3.8) is 0 Å². The number of nitriles is 1. The molecule has 0 bridgehead atoms. The van der Waals surface area contributed by atoms with Crippen LogP contribution < -0.4 is 4.90 Å². The van der Waals surface area contributed by atoms with Crippen molar-refractivity contribution in [2.75, 3.05) is 11.9 Å². The van der Waals surface area contributed by atoms with Gasteiger partial charge in [0.1, 0.15) is 10.4 Å². The zero-order valence-corrected chi connectivity index (χ0v) is 17.6. The summed E-state index contributed by atoms with van der Waals surface area (Å²) in [6.45, 7) is 0. The van der Waals surface area contributed by atoms with Gasteiger partial charge in [0.05, 0.1) is 26.7 Å². The zero-order chi connectivity index (χ0) is 20.9. The Labute approximate surface area is 178 Å². The Balaban J connectivity index is 1.77. The highest BCUT2D eigenvalue weighted by Gasteiger charge is 2.60. The van der Waals surface area contributed by atoms with Gasteiger partial charge >= 0.3 is 0 Å². The molecule has 6 nitrogen and oxygen atoms in total. The molecule has 1 fully saturated rings. The number of nitro benzene ring substituents is 1. The standard InChI is InChI=1S/C23H22N4O2S/c1-26-19-10-9-17(27(28)29)13-16(19)14-22(15-24,23(26)11-5-2-6-12-23)21-25-18-7-3-4-8-20(18)30-21/h3-4,7-10,13H,2,5-6,11-12,14H2,1H3/t22-/m0/s1. The normalized spacial score (nSPS) is 22.6. The first kappa shape index (κ1) is 19.0. The summed E-state index contributed by atoms with van der Waals surface area (Å²) in [7, 11) is 2.05. The highest BCUT2D eigenvalue weighted by Crippen LogP contribution is 2.56. The summed E-state index contributed by atoms with van der Waals surface area (Å²) in [5, 5.41) is 22.9. The zero-order valence-electron chi connectivity index (χ0n) is 16.8. The average Bonchev–Trinajstić information content (AvgIpc) is 3.21. The van der Waals surface area contributed by atoms with Gasteiger partial charge in [-0.25, -0.2) is 4.98 Å². The molecule has 1 spiro atoms. The molecule has 0 radical (unpaired) electrons. The highest BCUT2D eigenvalue weighted by molar-refractivity contribution is 7.18. The number of para-hydroxylation sites is 1. The first-order valence-electron chi connectivity index (χ1n) is 10.3. The van der Waals surface area contributed by atoms with Crippen LogP contribution in [0.15, 0.2) is 42.5 Å². The third kappa shape index (κ3) is 2.50. The highest BCUT2D eigenvalue weighted by atomic mass is 32.1. The van der Waals surface area contributed by atoms with Gasteiger partial charge in [-0.15, -0.1) is 11.3 Å². The monoisotopic (exact) mass is 418 g/mol. The number of nitro groups is 1. The molecule has 30 heavy (non-hydrogen) atoms. The Morgan fingerprint density at radius 2 is 1.97 bits per heavy atom. The van der Waals surface area contributed by atoms with Gasteiger partial charge in [-0.1, -0.05) is 31.4 Å². The summed E-state index contributed by atoms with van der Waals surface area (Å²) in [5.41, 5.74) is 1.62. The quantitative estimate of drug-likeness (QED) is 0.413. The van der Waals surface area contributed by atoms with Crippen molar-refractivity contribution in [1.29, 1.82) is 5.26 Å². The number of aromatic nitrogens is 1. The van der Waals surface area contributed by atoms with Gasteiger partial charge in [0.25, 0.3) is 5.69 Å². The molecule has 1 aliphatic heterocycles. The number of rotatable bonds is 2. The van der Waals surface area contributed by atoms with Crippen LogP contribution in [0.5, 0.6) is 0 Å². The van der Waals surface area contributed by atoms with Gasteiger partial charge in [-0.3, -0.25) is 10.1 Å². The Bertz CT molecular complexity index is 1160. The predicted octanol–water partition coefficient (Wildman–Crippen LogP) is 5.36. The first-order chi connectivity index (χ1) is 14.5. The molecular formula is C23H22N4O2S. The molecule has 0 amide bonds. The van der Waals surface area contributed by atoms with Crippen molar-refractivity contribution >= 4 is 32.9 Å². The summed E-state index contributed by atoms with van der Waals surface area (Å²) < 4.78 is 1.07. The lowest BCUT2D eigenvalue weighted by Crippen LogP contribution is -2.65. The van der Waals surface area contributed by atoms with Crippen LogP contribution in [0.25, 0.3) is 10.2 Å². The lowest BCUT2D eigenvalue weighted by atomic mass is 9.58. The van der Waals surface area contributed by atoms with Gasteiger partial charge in [-0.05, 0) is 36.6 Å². The van der Waals surface area contributed by atoms with Gasteiger partial charge in [0.2, 0.25) is 0 Å². The minimum Gasteiger partial charge on any atom is -0.367 e. The topological polar surface area (TPSA) is 83.1 Å². The Morgan fingerprint density at radius 3 is 2.67 bits per heavy atom. The lowest BCUT2D eigenvalue weighted by Gasteiger charge is -2.57. The number of hydrogen-bond donors (Lipinski definition) is 0. The van der Waals surface area contributed by atoms with Crippen LogP contribution in [0.1, 0.15) is 42.7 Å². The fourth-order valence-corrected chi connectivity index (χ4v) is 6.74. The molecular weight excluding hydrogens is 396 g/mol. The van der Waals surface area contributed by atoms with E-state index in [-0.39, 0.29) is 16.1 Å². The molecule has 1 saturated carbocycles. The molecule has 5 rings (SSSR count). The SMILES string of the molecule is CN1c2ccc([N+](=O)[O-])cc2C[C@](C#N)(c2nc3ccccc3s2)C12CCCCC2. The van der Waals surface area contributed by atoms with Crippen LogP contribution in [0.3, 0.4) is 0 Å². The smallest absolute Gasteiger partial charge is 0.269 e. The van der Waals surface area contributed by atoms with E-state index < -0.39 is 5.41 Å². The van der Waals surface area contributed by atoms with Crippen molar-refractivity contribution in [3.05, 3.63) is 63.1 Å². The van der Waals surface area contributed by atoms with Gasteiger partial charge < -0.3 is 4.90 Å². The Kier molecular flexibility index (Phi) is 4.30. The van der Waals surface area contributed by atoms with E-state index in [1.807, 2.05) is 30.3 Å². The molecule has 152 valence electrons. The maximum Gasteiger partial charge on any atom is 0.269 e. The summed E-state index contributed by atoms with van der Waals surface area (Å²) in [6.07, 6.45) is 5.60. The number of thiazole rings is 1. The second kappa shape index (κ2) is 6.78. The van der Waals surface area contributed by atoms with Crippen LogP contribution in [0.4, 0.5) is 11.4 Å². The molecule has 1 atom stereocenters. The number of non-ortho nitro benzene ring substituents is 1. The summed E-state index contributed by atoms with van der Waals surface area (Å²) in [4.78, 5) is 18.2. The molecule has 3 aromatic rings. The van der Waals surface area contributed by atoms with Crippen molar-refractivity contribution in [3.8, 4) is 6.07 Å². The maximum absolute atomic E-state index is 11.4. The minimum absolute atomic E-state index is 0.0675. The molecule has 2 heterocycles. The van der Waals surface area contributed by atoms with E-state index in [1.54, 1.807) is 23.5 Å². The van der Waals surface area contributed by atoms with E-state index in [1.165, 1.54) is 6.42 Å². The third-order valence-corrected chi connectivity index (χ3v) is 8.26. The molecule has 1 aromatic heterocycles. The molecule has 2 aromatic carbocycles. The van der Waals surface area contributed by atoms with Crippen LogP contribution in [-0.4, -0.2) is 22.5 Å². The average molecular weight is 419 g/mol. The second-order valence-electron chi connectivity index (χ2n) is 8.40. The number of benzene rings is 2. The van der Waals surface area contributed by atoms with Gasteiger partial charge in [-0.2, -0.15) is 5.26 Å². The lowest BCUT2D eigenvalue weighted by molar-refractivity contribution is -0.384. The van der Waals surface area contributed by atoms with Crippen molar-refractivity contribution in [1.82, 2.24) is 4.98 Å². The maximum atomic E-state index is 11.4. The number of fused-ring (bicyclic) bond motifs is 2. The third-order valence-electron chi connectivity index (χ3n) is 7.06. The second-order valence-corrected chi connectivity index (χ2v) is 9.43. The van der Waals surface area contributed by atoms with Crippen molar-refractivity contribution in [2.24, 2.45) is 0 Å². The summed E-state index contributed by atoms with van der Waals surface area (Å²) in [5.74, 6) is 0. The number of likely N-dealkylation sites (N-methyl/N-ethyl adjacent to an activating group) is 1. The van der Waals surface area contributed by atoms with E-state index in [4.69, 9.17) is 4.98 Å². The van der Waals surface area contributed by atoms with E-state index in [2.05, 4.69) is 18.0 Å². The van der Waals surface area contributed by atoms with E-state index in [9.17, 15) is 15.4 Å². The fourth-order valence-electron chi connectivity index (χ4n) is 5.54. The predicted molar refractivity (Wildman–Crippen MR) is 118 cm³/mol. The van der Waals surface area contributed by atoms with Gasteiger partial charge in [0, 0.05) is 31.3 Å². The largest absolute Gasteiger partial charge is 0.367 e. The van der Waals surface area contributed by atoms with E-state index >= 15 is 0 Å². The molecule has 7 heteroatoms. The molecule has 0 saturated heterocycles. The van der Waals surface area contributed by atoms with Crippen molar-refractivity contribution < 1.29 is 4.92 Å². The first-order valence-corrected chi connectivity index (χ1v) is 11.1. The minimum atomic E-state index is -0.839. The molecule has 0 unspecified atom stereocenters. The summed E-state index contributed by atoms with van der Waals surface area (Å²) in [6, 6.07) is 15.8. The van der Waals surface area contributed by atoms with Crippen molar-refractivity contribution in [2.45, 2.75) is 49.5 Å². The summed E-state index contributed by atoms with van der Waals surface area (Å²) >= 11 is 1.59. The Hall–Kier alpha value is -2.98. The van der Waals surface area contributed by atoms with Crippen LogP contribution in [0, 0.1) is 21.4 Å². The number of nitrogens with zero attached hydrogens (tertiary/aromatic N) is 4. The van der Waals surface area contributed by atoms with Crippen LogP contribution in [-0.2, 0) is 11.8 Å². The fraction of sp³-hybridized carbons (Fsp3) is 0.391. The van der Waals surface area contributed by atoms with Gasteiger partial charge in [0.15, 0.2) is 0 Å². The van der Waals surface area contributed by atoms with Crippen LogP contribution >= 0.6 is 11.3 Å². The molecule has 2 aliphatic rings. The van der Waals surface area contributed by atoms with Crippen LogP contribution in [0.2, 0.25) is 0 Å². The van der Waals surface area contributed by atoms with E-state index in [0.717, 1.165) is 52.2 Å². The molecule has 0 N–H and O–H groups in total. The van der Waals surface area contributed by atoms with E-state index in [0.29, 0.717) is 6.42 Å². The number of anilines is 1. The molecule has 1 aliphatic carbocycles. The Morgan fingerprint density at radius 1 is 1.20 bits per heavy atom. The number of hydrogen-bond acceptors (Lipinski definition) is 6.